The number of anilines is 2. The third-order valence-corrected chi connectivity index (χ3v) is 4.33. The Morgan fingerprint density at radius 2 is 2.23 bits per heavy atom. The molecule has 0 aliphatic heterocycles. The lowest BCUT2D eigenvalue weighted by atomic mass is 10.2. The van der Waals surface area contributed by atoms with Gasteiger partial charge in [-0.3, -0.25) is 0 Å². The lowest BCUT2D eigenvalue weighted by molar-refractivity contribution is 0.659. The maximum absolute atomic E-state index is 6.25. The van der Waals surface area contributed by atoms with E-state index in [1.165, 1.54) is 17.7 Å². The van der Waals surface area contributed by atoms with Crippen LogP contribution in [0, 0.1) is 0 Å². The molecule has 114 valence electrons. The molecule has 0 unspecified atom stereocenters. The molecule has 3 aromatic heterocycles. The van der Waals surface area contributed by atoms with E-state index in [4.69, 9.17) is 5.73 Å². The number of hydrogen-bond donors (Lipinski definition) is 2. The fraction of sp³-hybridized carbons (Fsp3) is 0.375. The second-order valence-corrected chi connectivity index (χ2v) is 5.80. The van der Waals surface area contributed by atoms with Gasteiger partial charge in [-0.15, -0.1) is 5.10 Å². The van der Waals surface area contributed by atoms with E-state index >= 15 is 0 Å². The van der Waals surface area contributed by atoms with E-state index in [0.717, 1.165) is 49.4 Å². The minimum absolute atomic E-state index is 0.748. The highest BCUT2D eigenvalue weighted by molar-refractivity contribution is 5.81. The van der Waals surface area contributed by atoms with Crippen LogP contribution in [0.3, 0.4) is 0 Å². The quantitative estimate of drug-likeness (QED) is 0.707. The number of nitrogens with two attached hydrogens (primary N) is 1. The van der Waals surface area contributed by atoms with Crippen molar-refractivity contribution in [1.82, 2.24) is 19.2 Å². The van der Waals surface area contributed by atoms with E-state index in [-0.39, 0.29) is 0 Å². The van der Waals surface area contributed by atoms with Crippen LogP contribution in [0.1, 0.15) is 24.1 Å². The number of fused-ring (bicyclic) bond motifs is 3. The predicted octanol–water partition coefficient (Wildman–Crippen LogP) is 2.10. The molecule has 0 atom stereocenters. The van der Waals surface area contributed by atoms with Gasteiger partial charge >= 0.3 is 0 Å². The van der Waals surface area contributed by atoms with Crippen molar-refractivity contribution in [3.63, 3.8) is 0 Å². The zero-order valence-corrected chi connectivity index (χ0v) is 12.5. The number of aromatic nitrogens is 4. The average Bonchev–Trinajstić information content (AvgIpc) is 3.24. The van der Waals surface area contributed by atoms with Gasteiger partial charge < -0.3 is 15.6 Å². The molecule has 1 aliphatic rings. The van der Waals surface area contributed by atoms with E-state index < -0.39 is 0 Å². The minimum Gasteiger partial charge on any atom is -0.394 e. The molecular formula is C16H20N6. The molecule has 0 aromatic carbocycles. The van der Waals surface area contributed by atoms with Crippen molar-refractivity contribution in [2.24, 2.45) is 0 Å². The first-order valence-corrected chi connectivity index (χ1v) is 7.81. The molecule has 0 saturated carbocycles. The molecule has 0 amide bonds. The smallest absolute Gasteiger partial charge is 0.172 e. The number of imidazole rings is 1. The SMILES string of the molecule is Nc1c(NCCCn2ccnc2)nn2c3c(ccc12)CCC3. The highest BCUT2D eigenvalue weighted by Gasteiger charge is 2.18. The van der Waals surface area contributed by atoms with Crippen molar-refractivity contribution in [2.75, 3.05) is 17.6 Å². The Labute approximate surface area is 129 Å². The molecule has 4 rings (SSSR count). The van der Waals surface area contributed by atoms with Crippen molar-refractivity contribution in [3.8, 4) is 0 Å². The molecule has 0 radical (unpaired) electrons. The molecule has 0 bridgehead atoms. The van der Waals surface area contributed by atoms with Crippen molar-refractivity contribution < 1.29 is 0 Å². The van der Waals surface area contributed by atoms with Crippen LogP contribution in [-0.4, -0.2) is 25.7 Å². The Morgan fingerprint density at radius 1 is 1.27 bits per heavy atom. The van der Waals surface area contributed by atoms with Crippen LogP contribution >= 0.6 is 0 Å². The summed E-state index contributed by atoms with van der Waals surface area (Å²) in [7, 11) is 0. The lowest BCUT2D eigenvalue weighted by Gasteiger charge is -2.04. The Kier molecular flexibility index (Phi) is 3.21. The summed E-state index contributed by atoms with van der Waals surface area (Å²) in [5, 5.41) is 8.05. The van der Waals surface area contributed by atoms with E-state index in [1.54, 1.807) is 6.20 Å². The number of rotatable bonds is 5. The molecule has 3 aromatic rings. The minimum atomic E-state index is 0.748. The first kappa shape index (κ1) is 13.2. The first-order valence-electron chi connectivity index (χ1n) is 7.81. The van der Waals surface area contributed by atoms with Gasteiger partial charge in [0.05, 0.1) is 11.8 Å². The Morgan fingerprint density at radius 3 is 3.09 bits per heavy atom. The van der Waals surface area contributed by atoms with Crippen LogP contribution in [0.5, 0.6) is 0 Å². The molecular weight excluding hydrogens is 276 g/mol. The maximum atomic E-state index is 6.25. The van der Waals surface area contributed by atoms with Crippen molar-refractivity contribution in [3.05, 3.63) is 42.1 Å². The van der Waals surface area contributed by atoms with Crippen LogP contribution in [0.4, 0.5) is 11.5 Å². The molecule has 0 fully saturated rings. The molecule has 0 saturated heterocycles. The predicted molar refractivity (Wildman–Crippen MR) is 87.0 cm³/mol. The van der Waals surface area contributed by atoms with Gasteiger partial charge in [0.15, 0.2) is 5.82 Å². The third-order valence-electron chi connectivity index (χ3n) is 4.33. The average molecular weight is 296 g/mol. The maximum Gasteiger partial charge on any atom is 0.172 e. The normalized spacial score (nSPS) is 13.6. The molecule has 1 aliphatic carbocycles. The monoisotopic (exact) mass is 296 g/mol. The van der Waals surface area contributed by atoms with E-state index in [0.29, 0.717) is 0 Å². The number of nitrogens with one attached hydrogen (secondary N) is 1. The molecule has 0 spiro atoms. The number of pyridine rings is 1. The molecule has 22 heavy (non-hydrogen) atoms. The number of nitrogen functional groups attached to an aromatic ring is 1. The van der Waals surface area contributed by atoms with Crippen LogP contribution in [-0.2, 0) is 19.4 Å². The van der Waals surface area contributed by atoms with Crippen LogP contribution in [0.25, 0.3) is 5.52 Å². The van der Waals surface area contributed by atoms with Gasteiger partial charge in [-0.25, -0.2) is 9.50 Å². The number of nitrogens with zero attached hydrogens (tertiary/aromatic N) is 4. The largest absolute Gasteiger partial charge is 0.394 e. The van der Waals surface area contributed by atoms with Gasteiger partial charge in [0.25, 0.3) is 0 Å². The topological polar surface area (TPSA) is 73.2 Å². The highest BCUT2D eigenvalue weighted by Crippen LogP contribution is 2.29. The van der Waals surface area contributed by atoms with Gasteiger partial charge in [0, 0.05) is 31.2 Å². The standard InChI is InChI=1S/C16H20N6/c17-15-14-6-5-12-3-1-4-13(12)22(14)20-16(15)19-7-2-9-21-10-8-18-11-21/h5-6,8,10-11H,1-4,7,9,17H2,(H,19,20). The summed E-state index contributed by atoms with van der Waals surface area (Å²) in [6.07, 6.45) is 10.1. The van der Waals surface area contributed by atoms with E-state index in [2.05, 4.69) is 32.1 Å². The van der Waals surface area contributed by atoms with Crippen molar-refractivity contribution in [1.29, 1.82) is 0 Å². The summed E-state index contributed by atoms with van der Waals surface area (Å²) in [5.74, 6) is 0.797. The molecule has 3 N–H and O–H groups in total. The second kappa shape index (κ2) is 5.36. The Bertz CT molecular complexity index is 787. The van der Waals surface area contributed by atoms with Crippen molar-refractivity contribution in [2.45, 2.75) is 32.2 Å². The highest BCUT2D eigenvalue weighted by atomic mass is 15.3. The van der Waals surface area contributed by atoms with Gasteiger partial charge in [-0.05, 0) is 37.3 Å². The van der Waals surface area contributed by atoms with E-state index in [9.17, 15) is 0 Å². The molecule has 6 nitrogen and oxygen atoms in total. The summed E-state index contributed by atoms with van der Waals surface area (Å²) < 4.78 is 4.09. The summed E-state index contributed by atoms with van der Waals surface area (Å²) in [5.41, 5.74) is 10.7. The summed E-state index contributed by atoms with van der Waals surface area (Å²) in [6, 6.07) is 4.28. The molecule has 6 heteroatoms. The summed E-state index contributed by atoms with van der Waals surface area (Å²) in [4.78, 5) is 4.04. The lowest BCUT2D eigenvalue weighted by Crippen LogP contribution is -2.07. The number of hydrogen-bond acceptors (Lipinski definition) is 4. The van der Waals surface area contributed by atoms with Gasteiger partial charge in [-0.1, -0.05) is 6.07 Å². The van der Waals surface area contributed by atoms with Crippen LogP contribution < -0.4 is 11.1 Å². The van der Waals surface area contributed by atoms with Crippen LogP contribution in [0.15, 0.2) is 30.9 Å². The summed E-state index contributed by atoms with van der Waals surface area (Å²) in [6.45, 7) is 1.78. The molecule has 3 heterocycles. The van der Waals surface area contributed by atoms with Gasteiger partial charge in [0.1, 0.15) is 5.69 Å². The second-order valence-electron chi connectivity index (χ2n) is 5.80. The Balaban J connectivity index is 1.49. The zero-order chi connectivity index (χ0) is 14.9. The first-order chi connectivity index (χ1) is 10.8. The third kappa shape index (κ3) is 2.20. The van der Waals surface area contributed by atoms with Crippen molar-refractivity contribution >= 4 is 17.0 Å². The van der Waals surface area contributed by atoms with E-state index in [1.807, 2.05) is 17.0 Å². The zero-order valence-electron chi connectivity index (χ0n) is 12.5. The summed E-state index contributed by atoms with van der Waals surface area (Å²) >= 11 is 0. The van der Waals surface area contributed by atoms with Gasteiger partial charge in [-0.2, -0.15) is 0 Å². The number of aryl methyl sites for hydroxylation is 3. The van der Waals surface area contributed by atoms with Crippen LogP contribution in [0.2, 0.25) is 0 Å². The fourth-order valence-corrected chi connectivity index (χ4v) is 3.18. The van der Waals surface area contributed by atoms with Gasteiger partial charge in [0.2, 0.25) is 0 Å². The Hall–Kier alpha value is -2.50. The fourth-order valence-electron chi connectivity index (χ4n) is 3.18.